The van der Waals surface area contributed by atoms with Gasteiger partial charge >= 0.3 is 0 Å². The summed E-state index contributed by atoms with van der Waals surface area (Å²) in [5.74, 6) is 0.726. The molecule has 2 aromatic rings. The van der Waals surface area contributed by atoms with E-state index < -0.39 is 0 Å². The molecular formula is C24H28FN3OS. The number of hydrogen-bond acceptors (Lipinski definition) is 4. The molecule has 0 N–H and O–H groups in total. The molecule has 0 aliphatic carbocycles. The summed E-state index contributed by atoms with van der Waals surface area (Å²) in [6.45, 7) is 5.71. The average Bonchev–Trinajstić information content (AvgIpc) is 3.26. The molecule has 6 heteroatoms. The Bertz CT molecular complexity index is 868. The molecule has 0 unspecified atom stereocenters. The third kappa shape index (κ3) is 5.31. The highest BCUT2D eigenvalue weighted by molar-refractivity contribution is 7.99. The predicted octanol–water partition coefficient (Wildman–Crippen LogP) is 3.73. The fraction of sp³-hybridized carbons (Fsp3) is 0.375. The highest BCUT2D eigenvalue weighted by Crippen LogP contribution is 2.38. The first-order valence-corrected chi connectivity index (χ1v) is 11.6. The molecule has 158 valence electrons. The lowest BCUT2D eigenvalue weighted by Gasteiger charge is -2.35. The Kier molecular flexibility index (Phi) is 7.20. The van der Waals surface area contributed by atoms with Crippen LogP contribution in [-0.4, -0.2) is 72.2 Å². The van der Waals surface area contributed by atoms with E-state index >= 15 is 0 Å². The normalized spacial score (nSPS) is 20.8. The van der Waals surface area contributed by atoms with E-state index in [9.17, 15) is 9.18 Å². The average molecular weight is 426 g/mol. The topological polar surface area (TPSA) is 26.8 Å². The lowest BCUT2D eigenvalue weighted by molar-refractivity contribution is -0.133. The van der Waals surface area contributed by atoms with E-state index in [4.69, 9.17) is 0 Å². The first-order chi connectivity index (χ1) is 14.7. The maximum absolute atomic E-state index is 14.2. The lowest BCUT2D eigenvalue weighted by Crippen LogP contribution is -2.49. The SMILES string of the molecule is O=C(CN1CCN(C/C=C/c2ccccc2)CC1)N1CCS[C@H]1c1ccccc1F. The highest BCUT2D eigenvalue weighted by atomic mass is 32.2. The quantitative estimate of drug-likeness (QED) is 0.705. The summed E-state index contributed by atoms with van der Waals surface area (Å²) < 4.78 is 14.2. The van der Waals surface area contributed by atoms with Gasteiger partial charge < -0.3 is 4.90 Å². The fourth-order valence-corrected chi connectivity index (χ4v) is 5.27. The van der Waals surface area contributed by atoms with Gasteiger partial charge in [-0.2, -0.15) is 0 Å². The Morgan fingerprint density at radius 2 is 1.67 bits per heavy atom. The minimum Gasteiger partial charge on any atom is -0.325 e. The zero-order valence-electron chi connectivity index (χ0n) is 17.1. The van der Waals surface area contributed by atoms with Gasteiger partial charge in [0.25, 0.3) is 0 Å². The number of hydrogen-bond donors (Lipinski definition) is 0. The molecule has 0 aromatic heterocycles. The van der Waals surface area contributed by atoms with Crippen molar-refractivity contribution in [3.8, 4) is 0 Å². The molecule has 2 fully saturated rings. The van der Waals surface area contributed by atoms with Gasteiger partial charge in [-0.3, -0.25) is 14.6 Å². The summed E-state index contributed by atoms with van der Waals surface area (Å²) in [7, 11) is 0. The molecule has 2 aliphatic rings. The molecule has 2 aromatic carbocycles. The van der Waals surface area contributed by atoms with Gasteiger partial charge in [0.2, 0.25) is 5.91 Å². The minimum atomic E-state index is -0.230. The van der Waals surface area contributed by atoms with Crippen LogP contribution < -0.4 is 0 Å². The van der Waals surface area contributed by atoms with Crippen LogP contribution in [0.5, 0.6) is 0 Å². The molecule has 2 aliphatic heterocycles. The number of piperazine rings is 1. The molecule has 0 spiro atoms. The first kappa shape index (κ1) is 21.1. The standard InChI is InChI=1S/C24H28FN3OS/c25-22-11-5-4-10-21(22)24-28(17-18-30-24)23(29)19-27-15-13-26(14-16-27)12-6-9-20-7-2-1-3-8-20/h1-11,24H,12-19H2/b9-6+/t24-/m0/s1. The van der Waals surface area contributed by atoms with Gasteiger partial charge in [-0.15, -0.1) is 11.8 Å². The van der Waals surface area contributed by atoms with Crippen molar-refractivity contribution < 1.29 is 9.18 Å². The summed E-state index contributed by atoms with van der Waals surface area (Å²) in [6.07, 6.45) is 4.36. The van der Waals surface area contributed by atoms with Gasteiger partial charge in [-0.1, -0.05) is 60.7 Å². The van der Waals surface area contributed by atoms with Crippen molar-refractivity contribution in [2.24, 2.45) is 0 Å². The summed E-state index contributed by atoms with van der Waals surface area (Å²) in [4.78, 5) is 19.4. The minimum absolute atomic E-state index is 0.102. The van der Waals surface area contributed by atoms with E-state index in [1.807, 2.05) is 29.2 Å². The molecule has 0 saturated carbocycles. The van der Waals surface area contributed by atoms with E-state index in [2.05, 4.69) is 34.1 Å². The Labute approximate surface area is 182 Å². The maximum Gasteiger partial charge on any atom is 0.237 e. The Hall–Kier alpha value is -2.15. The fourth-order valence-electron chi connectivity index (χ4n) is 3.97. The monoisotopic (exact) mass is 425 g/mol. The Balaban J connectivity index is 1.25. The van der Waals surface area contributed by atoms with Crippen molar-refractivity contribution in [2.75, 3.05) is 51.6 Å². The van der Waals surface area contributed by atoms with Gasteiger partial charge in [0.1, 0.15) is 11.2 Å². The molecule has 0 bridgehead atoms. The van der Waals surface area contributed by atoms with Crippen molar-refractivity contribution in [3.05, 3.63) is 77.6 Å². The second-order valence-corrected chi connectivity index (χ2v) is 8.91. The van der Waals surface area contributed by atoms with Crippen LogP contribution in [0.4, 0.5) is 4.39 Å². The maximum atomic E-state index is 14.2. The van der Waals surface area contributed by atoms with Crippen LogP contribution in [0.15, 0.2) is 60.7 Å². The van der Waals surface area contributed by atoms with E-state index in [0.29, 0.717) is 18.7 Å². The smallest absolute Gasteiger partial charge is 0.237 e. The second kappa shape index (κ2) is 10.2. The van der Waals surface area contributed by atoms with Crippen molar-refractivity contribution in [1.29, 1.82) is 0 Å². The van der Waals surface area contributed by atoms with Crippen molar-refractivity contribution >= 4 is 23.7 Å². The molecule has 30 heavy (non-hydrogen) atoms. The van der Waals surface area contributed by atoms with Crippen molar-refractivity contribution in [2.45, 2.75) is 5.37 Å². The van der Waals surface area contributed by atoms with Gasteiger partial charge in [0, 0.05) is 50.6 Å². The van der Waals surface area contributed by atoms with Crippen molar-refractivity contribution in [1.82, 2.24) is 14.7 Å². The van der Waals surface area contributed by atoms with Crippen LogP contribution in [0.3, 0.4) is 0 Å². The predicted molar refractivity (Wildman–Crippen MR) is 122 cm³/mol. The molecule has 2 saturated heterocycles. The number of carbonyl (C=O) groups excluding carboxylic acids is 1. The number of nitrogens with zero attached hydrogens (tertiary/aromatic N) is 3. The zero-order valence-corrected chi connectivity index (χ0v) is 17.9. The van der Waals surface area contributed by atoms with Crippen LogP contribution in [0, 0.1) is 5.82 Å². The number of rotatable bonds is 6. The molecule has 1 atom stereocenters. The third-order valence-corrected chi connectivity index (χ3v) is 6.92. The molecule has 4 nitrogen and oxygen atoms in total. The van der Waals surface area contributed by atoms with Gasteiger partial charge in [0.15, 0.2) is 0 Å². The summed E-state index contributed by atoms with van der Waals surface area (Å²) in [6, 6.07) is 17.1. The third-order valence-electron chi connectivity index (χ3n) is 5.68. The van der Waals surface area contributed by atoms with Gasteiger partial charge in [-0.25, -0.2) is 4.39 Å². The van der Waals surface area contributed by atoms with E-state index in [1.165, 1.54) is 11.6 Å². The Morgan fingerprint density at radius 1 is 0.967 bits per heavy atom. The zero-order chi connectivity index (χ0) is 20.8. The molecule has 0 radical (unpaired) electrons. The first-order valence-electron chi connectivity index (χ1n) is 10.5. The highest BCUT2D eigenvalue weighted by Gasteiger charge is 2.33. The van der Waals surface area contributed by atoms with Gasteiger partial charge in [-0.05, 0) is 11.6 Å². The second-order valence-electron chi connectivity index (χ2n) is 7.72. The lowest BCUT2D eigenvalue weighted by atomic mass is 10.2. The number of amides is 1. The molecule has 4 rings (SSSR count). The summed E-state index contributed by atoms with van der Waals surface area (Å²) >= 11 is 1.65. The summed E-state index contributed by atoms with van der Waals surface area (Å²) in [5, 5.41) is -0.205. The Morgan fingerprint density at radius 3 is 2.43 bits per heavy atom. The molecule has 1 amide bonds. The number of halogens is 1. The van der Waals surface area contributed by atoms with Crippen LogP contribution in [0.2, 0.25) is 0 Å². The van der Waals surface area contributed by atoms with E-state index in [0.717, 1.165) is 38.5 Å². The van der Waals surface area contributed by atoms with Crippen LogP contribution >= 0.6 is 11.8 Å². The number of thioether (sulfide) groups is 1. The molecule has 2 heterocycles. The van der Waals surface area contributed by atoms with Crippen LogP contribution in [-0.2, 0) is 4.79 Å². The number of carbonyl (C=O) groups is 1. The van der Waals surface area contributed by atoms with E-state index in [-0.39, 0.29) is 17.1 Å². The van der Waals surface area contributed by atoms with E-state index in [1.54, 1.807) is 23.9 Å². The van der Waals surface area contributed by atoms with Crippen molar-refractivity contribution in [3.63, 3.8) is 0 Å². The largest absolute Gasteiger partial charge is 0.325 e. The van der Waals surface area contributed by atoms with Gasteiger partial charge in [0.05, 0.1) is 6.54 Å². The van der Waals surface area contributed by atoms with Crippen LogP contribution in [0.1, 0.15) is 16.5 Å². The molecular weight excluding hydrogens is 397 g/mol. The van der Waals surface area contributed by atoms with Crippen LogP contribution in [0.25, 0.3) is 6.08 Å². The number of benzene rings is 2. The summed E-state index contributed by atoms with van der Waals surface area (Å²) in [5.41, 5.74) is 1.83.